The molecule has 1 atom stereocenters. The van der Waals surface area contributed by atoms with E-state index in [-0.39, 0.29) is 0 Å². The predicted octanol–water partition coefficient (Wildman–Crippen LogP) is 6.24. The molecule has 0 saturated heterocycles. The highest BCUT2D eigenvalue weighted by molar-refractivity contribution is 5.83. The van der Waals surface area contributed by atoms with E-state index in [0.717, 1.165) is 13.1 Å². The molecule has 0 spiro atoms. The smallest absolute Gasteiger partial charge is 0.0236 e. The maximum Gasteiger partial charge on any atom is 0.0236 e. The van der Waals surface area contributed by atoms with Gasteiger partial charge in [-0.15, -0.1) is 0 Å². The van der Waals surface area contributed by atoms with Crippen molar-refractivity contribution in [2.24, 2.45) is 0 Å². The second-order valence-corrected chi connectivity index (χ2v) is 7.35. The molecule has 3 aromatic rings. The molecule has 0 radical (unpaired) electrons. The van der Waals surface area contributed by atoms with Gasteiger partial charge in [-0.05, 0) is 54.6 Å². The molecule has 0 N–H and O–H groups in total. The molecule has 0 fully saturated rings. The minimum absolute atomic E-state index is 0.559. The van der Waals surface area contributed by atoms with E-state index in [0.29, 0.717) is 12.0 Å². The first kappa shape index (κ1) is 17.7. The summed E-state index contributed by atoms with van der Waals surface area (Å²) in [6.45, 7) is 9.10. The second kappa shape index (κ2) is 8.31. The van der Waals surface area contributed by atoms with Gasteiger partial charge in [-0.3, -0.25) is 4.90 Å². The number of fused-ring (bicyclic) bond motifs is 1. The van der Waals surface area contributed by atoms with Gasteiger partial charge >= 0.3 is 0 Å². The third-order valence-corrected chi connectivity index (χ3v) is 5.15. The van der Waals surface area contributed by atoms with Crippen molar-refractivity contribution in [1.29, 1.82) is 0 Å². The maximum atomic E-state index is 2.58. The van der Waals surface area contributed by atoms with Crippen LogP contribution in [0.4, 0.5) is 0 Å². The Morgan fingerprint density at radius 1 is 0.760 bits per heavy atom. The molecule has 0 bridgehead atoms. The van der Waals surface area contributed by atoms with Crippen molar-refractivity contribution in [3.8, 4) is 0 Å². The summed E-state index contributed by atoms with van der Waals surface area (Å²) in [6.07, 6.45) is 1.18. The molecular formula is C24H29N. The van der Waals surface area contributed by atoms with Gasteiger partial charge in [-0.1, -0.05) is 79.7 Å². The molecule has 3 rings (SSSR count). The average molecular weight is 332 g/mol. The number of rotatable bonds is 7. The number of nitrogens with zero attached hydrogens (tertiary/aromatic N) is 1. The Bertz CT molecular complexity index is 791. The largest absolute Gasteiger partial charge is 0.297 e. The summed E-state index contributed by atoms with van der Waals surface area (Å²) in [6, 6.07) is 26.9. The Labute approximate surface area is 152 Å². The van der Waals surface area contributed by atoms with Crippen molar-refractivity contribution in [2.75, 3.05) is 6.54 Å². The number of hydrogen-bond acceptors (Lipinski definition) is 1. The standard InChI is InChI=1S/C24H29N/c1-19(2)25(18-21-9-5-4-6-10-21)16-15-20(3)23-14-13-22-11-7-8-12-24(22)17-23/h4-14,17,19-20H,15-16,18H2,1-3H3. The third kappa shape index (κ3) is 4.70. The van der Waals surface area contributed by atoms with Crippen LogP contribution in [0.15, 0.2) is 72.8 Å². The van der Waals surface area contributed by atoms with Crippen molar-refractivity contribution in [3.05, 3.63) is 83.9 Å². The van der Waals surface area contributed by atoms with Crippen LogP contribution in [0.1, 0.15) is 44.2 Å². The van der Waals surface area contributed by atoms with Crippen molar-refractivity contribution in [1.82, 2.24) is 4.90 Å². The van der Waals surface area contributed by atoms with Gasteiger partial charge < -0.3 is 0 Å². The van der Waals surface area contributed by atoms with Crippen LogP contribution in [0.5, 0.6) is 0 Å². The van der Waals surface area contributed by atoms with Crippen molar-refractivity contribution in [3.63, 3.8) is 0 Å². The molecule has 0 amide bonds. The number of hydrogen-bond donors (Lipinski definition) is 0. The van der Waals surface area contributed by atoms with Crippen LogP contribution in [-0.4, -0.2) is 17.5 Å². The molecule has 130 valence electrons. The molecule has 1 unspecified atom stereocenters. The zero-order valence-corrected chi connectivity index (χ0v) is 15.7. The Balaban J connectivity index is 1.65. The van der Waals surface area contributed by atoms with Gasteiger partial charge in [0.15, 0.2) is 0 Å². The quantitative estimate of drug-likeness (QED) is 0.495. The van der Waals surface area contributed by atoms with Crippen molar-refractivity contribution < 1.29 is 0 Å². The zero-order valence-electron chi connectivity index (χ0n) is 15.7. The van der Waals surface area contributed by atoms with Gasteiger partial charge in [0.2, 0.25) is 0 Å². The lowest BCUT2D eigenvalue weighted by molar-refractivity contribution is 0.206. The van der Waals surface area contributed by atoms with Crippen LogP contribution < -0.4 is 0 Å². The molecular weight excluding hydrogens is 302 g/mol. The molecule has 1 heteroatoms. The molecule has 25 heavy (non-hydrogen) atoms. The van der Waals surface area contributed by atoms with E-state index in [2.05, 4.69) is 98.5 Å². The van der Waals surface area contributed by atoms with Gasteiger partial charge in [-0.2, -0.15) is 0 Å². The van der Waals surface area contributed by atoms with Crippen LogP contribution >= 0.6 is 0 Å². The fraction of sp³-hybridized carbons (Fsp3) is 0.333. The predicted molar refractivity (Wildman–Crippen MR) is 109 cm³/mol. The van der Waals surface area contributed by atoms with Crippen molar-refractivity contribution >= 4 is 10.8 Å². The summed E-state index contributed by atoms with van der Waals surface area (Å²) < 4.78 is 0. The van der Waals surface area contributed by atoms with Gasteiger partial charge in [0.05, 0.1) is 0 Å². The Morgan fingerprint density at radius 2 is 1.44 bits per heavy atom. The monoisotopic (exact) mass is 331 g/mol. The Kier molecular flexibility index (Phi) is 5.88. The topological polar surface area (TPSA) is 3.24 Å². The van der Waals surface area contributed by atoms with Gasteiger partial charge in [0.1, 0.15) is 0 Å². The van der Waals surface area contributed by atoms with Crippen LogP contribution in [0, 0.1) is 0 Å². The van der Waals surface area contributed by atoms with Gasteiger partial charge in [0, 0.05) is 12.6 Å². The molecule has 0 aliphatic rings. The van der Waals surface area contributed by atoms with Crippen molar-refractivity contribution in [2.45, 2.75) is 45.7 Å². The summed E-state index contributed by atoms with van der Waals surface area (Å²) >= 11 is 0. The van der Waals surface area contributed by atoms with Crippen LogP contribution in [0.25, 0.3) is 10.8 Å². The van der Waals surface area contributed by atoms with E-state index in [9.17, 15) is 0 Å². The Morgan fingerprint density at radius 3 is 2.16 bits per heavy atom. The number of benzene rings is 3. The van der Waals surface area contributed by atoms with E-state index in [1.165, 1.54) is 28.3 Å². The van der Waals surface area contributed by atoms with Gasteiger partial charge in [-0.25, -0.2) is 0 Å². The highest BCUT2D eigenvalue weighted by atomic mass is 15.1. The Hall–Kier alpha value is -2.12. The minimum Gasteiger partial charge on any atom is -0.297 e. The lowest BCUT2D eigenvalue weighted by Crippen LogP contribution is -2.31. The summed E-state index contributed by atoms with van der Waals surface area (Å²) in [7, 11) is 0. The first-order chi connectivity index (χ1) is 12.1. The van der Waals surface area contributed by atoms with E-state index in [1.54, 1.807) is 0 Å². The van der Waals surface area contributed by atoms with Crippen LogP contribution in [0.2, 0.25) is 0 Å². The fourth-order valence-corrected chi connectivity index (χ4v) is 3.38. The van der Waals surface area contributed by atoms with E-state index >= 15 is 0 Å². The normalized spacial score (nSPS) is 12.8. The molecule has 0 aromatic heterocycles. The molecule has 0 aliphatic heterocycles. The van der Waals surface area contributed by atoms with Crippen LogP contribution in [-0.2, 0) is 6.54 Å². The highest BCUT2D eigenvalue weighted by Gasteiger charge is 2.13. The molecule has 3 aromatic carbocycles. The molecule has 0 saturated carbocycles. The highest BCUT2D eigenvalue weighted by Crippen LogP contribution is 2.24. The average Bonchev–Trinajstić information content (AvgIpc) is 2.65. The molecule has 1 nitrogen and oxygen atoms in total. The van der Waals surface area contributed by atoms with Gasteiger partial charge in [0.25, 0.3) is 0 Å². The fourth-order valence-electron chi connectivity index (χ4n) is 3.38. The summed E-state index contributed by atoms with van der Waals surface area (Å²) in [5.74, 6) is 0.571. The van der Waals surface area contributed by atoms with E-state index in [4.69, 9.17) is 0 Å². The molecule has 0 heterocycles. The minimum atomic E-state index is 0.559. The summed E-state index contributed by atoms with van der Waals surface area (Å²) in [5.41, 5.74) is 2.84. The summed E-state index contributed by atoms with van der Waals surface area (Å²) in [5, 5.41) is 2.67. The van der Waals surface area contributed by atoms with E-state index < -0.39 is 0 Å². The molecule has 0 aliphatic carbocycles. The second-order valence-electron chi connectivity index (χ2n) is 7.35. The third-order valence-electron chi connectivity index (χ3n) is 5.15. The first-order valence-corrected chi connectivity index (χ1v) is 9.40. The summed E-state index contributed by atoms with van der Waals surface area (Å²) in [4.78, 5) is 2.58. The van der Waals surface area contributed by atoms with E-state index in [1.807, 2.05) is 0 Å². The maximum absolute atomic E-state index is 2.58. The zero-order chi connectivity index (χ0) is 17.6. The van der Waals surface area contributed by atoms with Crippen LogP contribution in [0.3, 0.4) is 0 Å². The SMILES string of the molecule is CC(CCN(Cc1ccccc1)C(C)C)c1ccc2ccccc2c1. The lowest BCUT2D eigenvalue weighted by atomic mass is 9.95. The lowest BCUT2D eigenvalue weighted by Gasteiger charge is -2.28. The first-order valence-electron chi connectivity index (χ1n) is 9.40.